The molecule has 16 heavy (non-hydrogen) atoms. The minimum atomic E-state index is 0.191. The average Bonchev–Trinajstić information content (AvgIpc) is 2.28. The number of nitrogens with zero attached hydrogens (tertiary/aromatic N) is 2. The zero-order chi connectivity index (χ0) is 12.0. The second-order valence-corrected chi connectivity index (χ2v) is 5.40. The lowest BCUT2D eigenvalue weighted by Gasteiger charge is -2.10. The van der Waals surface area contributed by atoms with E-state index in [1.807, 2.05) is 6.26 Å². The second kappa shape index (κ2) is 6.95. The van der Waals surface area contributed by atoms with Gasteiger partial charge in [0.15, 0.2) is 5.16 Å². The predicted octanol–water partition coefficient (Wildman–Crippen LogP) is 1.35. The zero-order valence-electron chi connectivity index (χ0n) is 9.30. The van der Waals surface area contributed by atoms with Gasteiger partial charge in [0.25, 0.3) is 0 Å². The summed E-state index contributed by atoms with van der Waals surface area (Å²) in [7, 11) is 0. The Labute approximate surface area is 104 Å². The van der Waals surface area contributed by atoms with E-state index in [2.05, 4.69) is 22.3 Å². The molecule has 0 saturated carbocycles. The number of nitrogens with one attached hydrogen (secondary N) is 1. The van der Waals surface area contributed by atoms with Gasteiger partial charge in [0, 0.05) is 17.9 Å². The molecule has 90 valence electrons. The first-order chi connectivity index (χ1) is 7.69. The minimum absolute atomic E-state index is 0.191. The molecular formula is C9H16N4OS2. The van der Waals surface area contributed by atoms with Crippen molar-refractivity contribution in [2.24, 2.45) is 5.84 Å². The van der Waals surface area contributed by atoms with Crippen LogP contribution < -0.4 is 11.3 Å². The topological polar surface area (TPSA) is 84.1 Å². The first kappa shape index (κ1) is 13.6. The molecule has 1 atom stereocenters. The van der Waals surface area contributed by atoms with Crippen LogP contribution in [0.15, 0.2) is 16.2 Å². The van der Waals surface area contributed by atoms with E-state index in [0.717, 1.165) is 11.4 Å². The maximum atomic E-state index is 8.83. The van der Waals surface area contributed by atoms with Crippen molar-refractivity contribution < 1.29 is 5.11 Å². The first-order valence-electron chi connectivity index (χ1n) is 4.86. The number of anilines is 1. The largest absolute Gasteiger partial charge is 0.396 e. The summed E-state index contributed by atoms with van der Waals surface area (Å²) in [6.45, 7) is 2.24. The molecule has 4 N–H and O–H groups in total. The van der Waals surface area contributed by atoms with Crippen molar-refractivity contribution in [2.45, 2.75) is 28.8 Å². The third kappa shape index (κ3) is 4.17. The third-order valence-electron chi connectivity index (χ3n) is 1.87. The van der Waals surface area contributed by atoms with E-state index < -0.39 is 0 Å². The fourth-order valence-electron chi connectivity index (χ4n) is 1.08. The quantitative estimate of drug-likeness (QED) is 0.234. The molecule has 5 nitrogen and oxygen atoms in total. The number of hydrogen-bond donors (Lipinski definition) is 3. The van der Waals surface area contributed by atoms with E-state index in [-0.39, 0.29) is 6.61 Å². The molecular weight excluding hydrogens is 244 g/mol. The Morgan fingerprint density at radius 1 is 1.56 bits per heavy atom. The highest BCUT2D eigenvalue weighted by Gasteiger charge is 2.08. The Morgan fingerprint density at radius 3 is 2.88 bits per heavy atom. The summed E-state index contributed by atoms with van der Waals surface area (Å²) in [4.78, 5) is 8.54. The average molecular weight is 260 g/mol. The van der Waals surface area contributed by atoms with Crippen molar-refractivity contribution >= 4 is 29.3 Å². The molecule has 0 aliphatic heterocycles. The monoisotopic (exact) mass is 260 g/mol. The zero-order valence-corrected chi connectivity index (χ0v) is 10.9. The number of rotatable bonds is 6. The molecule has 1 unspecified atom stereocenters. The van der Waals surface area contributed by atoms with Crippen LogP contribution in [0.4, 0.5) is 5.82 Å². The van der Waals surface area contributed by atoms with Crippen LogP contribution in [0, 0.1) is 0 Å². The van der Waals surface area contributed by atoms with E-state index in [1.165, 1.54) is 11.8 Å². The molecule has 1 rings (SSSR count). The van der Waals surface area contributed by atoms with E-state index in [9.17, 15) is 0 Å². The van der Waals surface area contributed by atoms with Crippen LogP contribution in [0.3, 0.4) is 0 Å². The van der Waals surface area contributed by atoms with Crippen molar-refractivity contribution in [3.05, 3.63) is 6.07 Å². The molecule has 0 fully saturated rings. The number of hydrogen-bond acceptors (Lipinski definition) is 7. The van der Waals surface area contributed by atoms with Gasteiger partial charge in [-0.1, -0.05) is 18.7 Å². The van der Waals surface area contributed by atoms with Gasteiger partial charge in [-0.3, -0.25) is 0 Å². The molecule has 0 spiro atoms. The van der Waals surface area contributed by atoms with Crippen molar-refractivity contribution in [3.63, 3.8) is 0 Å². The van der Waals surface area contributed by atoms with Crippen LogP contribution in [-0.4, -0.2) is 33.2 Å². The molecule has 1 aromatic heterocycles. The number of hydrazine groups is 1. The number of aliphatic hydroxyl groups excluding tert-OH is 1. The van der Waals surface area contributed by atoms with E-state index >= 15 is 0 Å². The maximum Gasteiger partial charge on any atom is 0.190 e. The Kier molecular flexibility index (Phi) is 5.89. The van der Waals surface area contributed by atoms with Crippen molar-refractivity contribution in [1.29, 1.82) is 0 Å². The highest BCUT2D eigenvalue weighted by molar-refractivity contribution is 8.00. The molecule has 1 heterocycles. The number of aliphatic hydroxyl groups is 1. The molecule has 1 aromatic rings. The summed E-state index contributed by atoms with van der Waals surface area (Å²) in [6, 6.07) is 1.80. The van der Waals surface area contributed by atoms with Crippen LogP contribution in [0.2, 0.25) is 0 Å². The number of nitrogens with two attached hydrogens (primary N) is 1. The van der Waals surface area contributed by atoms with Gasteiger partial charge in [-0.2, -0.15) is 0 Å². The molecule has 0 aliphatic rings. The van der Waals surface area contributed by atoms with E-state index in [1.54, 1.807) is 17.8 Å². The summed E-state index contributed by atoms with van der Waals surface area (Å²) < 4.78 is 0. The minimum Gasteiger partial charge on any atom is -0.396 e. The Morgan fingerprint density at radius 2 is 2.31 bits per heavy atom. The highest BCUT2D eigenvalue weighted by Crippen LogP contribution is 2.26. The molecule has 0 bridgehead atoms. The van der Waals surface area contributed by atoms with Gasteiger partial charge >= 0.3 is 0 Å². The maximum absolute atomic E-state index is 8.83. The normalized spacial score (nSPS) is 12.5. The summed E-state index contributed by atoms with van der Waals surface area (Å²) in [6.07, 6.45) is 2.66. The fraction of sp³-hybridized carbons (Fsp3) is 0.556. The lowest BCUT2D eigenvalue weighted by Crippen LogP contribution is -2.10. The highest BCUT2D eigenvalue weighted by atomic mass is 32.2. The Balaban J connectivity index is 2.78. The molecule has 0 aromatic carbocycles. The van der Waals surface area contributed by atoms with Gasteiger partial charge in [0.2, 0.25) is 0 Å². The van der Waals surface area contributed by atoms with Gasteiger partial charge in [0.1, 0.15) is 10.8 Å². The van der Waals surface area contributed by atoms with Crippen LogP contribution in [0.25, 0.3) is 0 Å². The second-order valence-electron chi connectivity index (χ2n) is 3.16. The summed E-state index contributed by atoms with van der Waals surface area (Å²) in [5, 5.41) is 10.7. The molecule has 7 heteroatoms. The van der Waals surface area contributed by atoms with Crippen LogP contribution in [-0.2, 0) is 0 Å². The Hall–Kier alpha value is -0.500. The van der Waals surface area contributed by atoms with Gasteiger partial charge in [-0.25, -0.2) is 15.8 Å². The standard InChI is InChI=1S/C9H16N4OS2/c1-6(3-4-14)16-8-5-7(13-10)11-9(12-8)15-2/h5-6,14H,3-4,10H2,1-2H3,(H,11,12,13). The third-order valence-corrected chi connectivity index (χ3v) is 3.51. The van der Waals surface area contributed by atoms with Gasteiger partial charge in [0.05, 0.1) is 0 Å². The van der Waals surface area contributed by atoms with Crippen molar-refractivity contribution in [3.8, 4) is 0 Å². The number of aromatic nitrogens is 2. The molecule has 0 aliphatic carbocycles. The smallest absolute Gasteiger partial charge is 0.190 e. The molecule has 0 amide bonds. The van der Waals surface area contributed by atoms with Gasteiger partial charge < -0.3 is 10.5 Å². The first-order valence-corrected chi connectivity index (χ1v) is 6.97. The SMILES string of the molecule is CSc1nc(NN)cc(SC(C)CCO)n1. The predicted molar refractivity (Wildman–Crippen MR) is 68.6 cm³/mol. The number of nitrogen functional groups attached to an aromatic ring is 1. The van der Waals surface area contributed by atoms with Crippen molar-refractivity contribution in [1.82, 2.24) is 9.97 Å². The fourth-order valence-corrected chi connectivity index (χ4v) is 2.47. The Bertz CT molecular complexity index is 315. The van der Waals surface area contributed by atoms with Gasteiger partial charge in [-0.15, -0.1) is 11.8 Å². The summed E-state index contributed by atoms with van der Waals surface area (Å²) in [5.41, 5.74) is 2.52. The lowest BCUT2D eigenvalue weighted by molar-refractivity contribution is 0.289. The molecule has 0 saturated heterocycles. The van der Waals surface area contributed by atoms with E-state index in [0.29, 0.717) is 16.2 Å². The van der Waals surface area contributed by atoms with Crippen molar-refractivity contribution in [2.75, 3.05) is 18.3 Å². The summed E-state index contributed by atoms with van der Waals surface area (Å²) >= 11 is 3.08. The number of thioether (sulfide) groups is 2. The summed E-state index contributed by atoms with van der Waals surface area (Å²) in [5.74, 6) is 5.94. The van der Waals surface area contributed by atoms with Crippen LogP contribution in [0.1, 0.15) is 13.3 Å². The van der Waals surface area contributed by atoms with Gasteiger partial charge in [-0.05, 0) is 12.7 Å². The van der Waals surface area contributed by atoms with Crippen LogP contribution >= 0.6 is 23.5 Å². The molecule has 0 radical (unpaired) electrons. The van der Waals surface area contributed by atoms with E-state index in [4.69, 9.17) is 10.9 Å². The van der Waals surface area contributed by atoms with Crippen LogP contribution in [0.5, 0.6) is 0 Å². The lowest BCUT2D eigenvalue weighted by atomic mass is 10.3.